The van der Waals surface area contributed by atoms with Crippen LogP contribution in [0.4, 0.5) is 0 Å². The summed E-state index contributed by atoms with van der Waals surface area (Å²) in [5.74, 6) is 3.06. The lowest BCUT2D eigenvalue weighted by Crippen LogP contribution is -2.35. The number of methoxy groups -OCH3 is 2. The molecule has 4 heteroatoms. The summed E-state index contributed by atoms with van der Waals surface area (Å²) in [7, 11) is 3.19. The van der Waals surface area contributed by atoms with E-state index in [0.29, 0.717) is 34.8 Å². The molecule has 1 aromatic carbocycles. The van der Waals surface area contributed by atoms with E-state index in [-0.39, 0.29) is 12.7 Å². The molecule has 0 aromatic heterocycles. The number of benzene rings is 1. The fourth-order valence-corrected chi connectivity index (χ4v) is 3.79. The van der Waals surface area contributed by atoms with Crippen molar-refractivity contribution >= 4 is 0 Å². The van der Waals surface area contributed by atoms with Crippen LogP contribution >= 0.6 is 0 Å². The van der Waals surface area contributed by atoms with Crippen molar-refractivity contribution < 1.29 is 19.3 Å². The maximum absolute atomic E-state index is 10.6. The highest BCUT2D eigenvalue weighted by Crippen LogP contribution is 2.37. The summed E-state index contributed by atoms with van der Waals surface area (Å²) in [5, 5.41) is 10.6. The minimum Gasteiger partial charge on any atom is -0.493 e. The maximum atomic E-state index is 10.6. The molecule has 4 nitrogen and oxygen atoms in total. The van der Waals surface area contributed by atoms with Gasteiger partial charge in [0.2, 0.25) is 0 Å². The Morgan fingerprint density at radius 2 is 1.92 bits per heavy atom. The molecule has 0 aliphatic heterocycles. The summed E-state index contributed by atoms with van der Waals surface area (Å²) in [4.78, 5) is 0. The van der Waals surface area contributed by atoms with Crippen LogP contribution in [0.15, 0.2) is 18.2 Å². The van der Waals surface area contributed by atoms with E-state index in [9.17, 15) is 5.11 Å². The summed E-state index contributed by atoms with van der Waals surface area (Å²) in [6.45, 7) is 7.09. The van der Waals surface area contributed by atoms with Crippen molar-refractivity contribution in [3.8, 4) is 11.5 Å². The van der Waals surface area contributed by atoms with Crippen molar-refractivity contribution in [2.75, 3.05) is 20.8 Å². The van der Waals surface area contributed by atoms with Crippen LogP contribution < -0.4 is 9.47 Å². The second kappa shape index (κ2) is 8.72. The topological polar surface area (TPSA) is 47.9 Å². The Morgan fingerprint density at radius 1 is 1.17 bits per heavy atom. The molecule has 1 aromatic rings. The SMILES string of the molecule is COc1cccc(C(O)CO[C@@H]2C[C@H](C)CC[C@H]2C(C)C)c1OC. The molecule has 0 bridgehead atoms. The van der Waals surface area contributed by atoms with E-state index >= 15 is 0 Å². The van der Waals surface area contributed by atoms with E-state index < -0.39 is 6.10 Å². The lowest BCUT2D eigenvalue weighted by molar-refractivity contribution is -0.0701. The minimum absolute atomic E-state index is 0.222. The average Bonchev–Trinajstić information content (AvgIpc) is 2.58. The van der Waals surface area contributed by atoms with Crippen LogP contribution in [0, 0.1) is 17.8 Å². The molecule has 1 N–H and O–H groups in total. The van der Waals surface area contributed by atoms with Gasteiger partial charge in [0.25, 0.3) is 0 Å². The molecular weight excluding hydrogens is 304 g/mol. The molecular formula is C20H32O4. The van der Waals surface area contributed by atoms with Crippen molar-refractivity contribution in [3.05, 3.63) is 23.8 Å². The number of para-hydroxylation sites is 1. The monoisotopic (exact) mass is 336 g/mol. The Labute approximate surface area is 146 Å². The number of hydrogen-bond acceptors (Lipinski definition) is 4. The Balaban J connectivity index is 2.05. The number of rotatable bonds is 7. The molecule has 1 fully saturated rings. The third-order valence-electron chi connectivity index (χ3n) is 5.22. The summed E-state index contributed by atoms with van der Waals surface area (Å²) < 4.78 is 16.9. The summed E-state index contributed by atoms with van der Waals surface area (Å²) >= 11 is 0. The predicted octanol–water partition coefficient (Wildman–Crippen LogP) is 4.21. The van der Waals surface area contributed by atoms with Gasteiger partial charge in [0.05, 0.1) is 26.9 Å². The number of ether oxygens (including phenoxy) is 3. The highest BCUT2D eigenvalue weighted by atomic mass is 16.5. The molecule has 0 heterocycles. The second-order valence-corrected chi connectivity index (χ2v) is 7.30. The van der Waals surface area contributed by atoms with Gasteiger partial charge in [-0.15, -0.1) is 0 Å². The summed E-state index contributed by atoms with van der Waals surface area (Å²) in [5.41, 5.74) is 0.710. The van der Waals surface area contributed by atoms with E-state index in [1.165, 1.54) is 12.8 Å². The zero-order chi connectivity index (χ0) is 17.7. The molecule has 1 aliphatic carbocycles. The molecule has 4 atom stereocenters. The van der Waals surface area contributed by atoms with Gasteiger partial charge in [0.1, 0.15) is 6.10 Å². The molecule has 136 valence electrons. The zero-order valence-corrected chi connectivity index (χ0v) is 15.6. The molecule has 2 rings (SSSR count). The van der Waals surface area contributed by atoms with E-state index in [4.69, 9.17) is 14.2 Å². The van der Waals surface area contributed by atoms with Crippen LogP contribution in [0.5, 0.6) is 11.5 Å². The Morgan fingerprint density at radius 3 is 2.54 bits per heavy atom. The van der Waals surface area contributed by atoms with Crippen molar-refractivity contribution in [2.24, 2.45) is 17.8 Å². The normalized spacial score (nSPS) is 25.5. The van der Waals surface area contributed by atoms with Gasteiger partial charge in [-0.2, -0.15) is 0 Å². The minimum atomic E-state index is -0.722. The van der Waals surface area contributed by atoms with Gasteiger partial charge in [-0.05, 0) is 36.7 Å². The lowest BCUT2D eigenvalue weighted by atomic mass is 9.75. The highest BCUT2D eigenvalue weighted by Gasteiger charge is 2.32. The summed E-state index contributed by atoms with van der Waals surface area (Å²) in [6.07, 6.45) is 3.06. The second-order valence-electron chi connectivity index (χ2n) is 7.30. The fourth-order valence-electron chi connectivity index (χ4n) is 3.79. The van der Waals surface area contributed by atoms with Gasteiger partial charge in [-0.1, -0.05) is 39.3 Å². The van der Waals surface area contributed by atoms with Crippen LogP contribution in [0.3, 0.4) is 0 Å². The van der Waals surface area contributed by atoms with Crippen molar-refractivity contribution in [1.82, 2.24) is 0 Å². The number of aliphatic hydroxyl groups excluding tert-OH is 1. The van der Waals surface area contributed by atoms with Crippen LogP contribution in [0.2, 0.25) is 0 Å². The third-order valence-corrected chi connectivity index (χ3v) is 5.22. The van der Waals surface area contributed by atoms with Crippen molar-refractivity contribution in [1.29, 1.82) is 0 Å². The molecule has 24 heavy (non-hydrogen) atoms. The van der Waals surface area contributed by atoms with Gasteiger partial charge in [0.15, 0.2) is 11.5 Å². The molecule has 1 saturated carbocycles. The average molecular weight is 336 g/mol. The smallest absolute Gasteiger partial charge is 0.166 e. The van der Waals surface area contributed by atoms with Gasteiger partial charge >= 0.3 is 0 Å². The van der Waals surface area contributed by atoms with Gasteiger partial charge in [0, 0.05) is 5.56 Å². The largest absolute Gasteiger partial charge is 0.493 e. The number of aliphatic hydroxyl groups is 1. The van der Waals surface area contributed by atoms with E-state index in [0.717, 1.165) is 6.42 Å². The van der Waals surface area contributed by atoms with E-state index in [1.54, 1.807) is 14.2 Å². The zero-order valence-electron chi connectivity index (χ0n) is 15.6. The summed E-state index contributed by atoms with van der Waals surface area (Å²) in [6, 6.07) is 5.55. The predicted molar refractivity (Wildman–Crippen MR) is 95.6 cm³/mol. The van der Waals surface area contributed by atoms with E-state index in [1.807, 2.05) is 18.2 Å². The molecule has 1 aliphatic rings. The molecule has 1 unspecified atom stereocenters. The lowest BCUT2D eigenvalue weighted by Gasteiger charge is -2.37. The van der Waals surface area contributed by atoms with Crippen LogP contribution in [0.1, 0.15) is 51.7 Å². The Kier molecular flexibility index (Phi) is 6.93. The van der Waals surface area contributed by atoms with Crippen molar-refractivity contribution in [3.63, 3.8) is 0 Å². The van der Waals surface area contributed by atoms with Crippen molar-refractivity contribution in [2.45, 2.75) is 52.2 Å². The molecule has 0 saturated heterocycles. The first kappa shape index (κ1) is 19.1. The molecule has 0 amide bonds. The Bertz CT molecular complexity index is 514. The standard InChI is InChI=1S/C20H32O4/c1-13(2)15-10-9-14(3)11-19(15)24-12-17(21)16-7-6-8-18(22-4)20(16)23-5/h6-8,13-15,17,19,21H,9-12H2,1-5H3/t14-,15+,17?,19-/m1/s1. The molecule has 0 spiro atoms. The first-order valence-electron chi connectivity index (χ1n) is 8.98. The fraction of sp³-hybridized carbons (Fsp3) is 0.700. The maximum Gasteiger partial charge on any atom is 0.166 e. The third kappa shape index (κ3) is 4.42. The Hall–Kier alpha value is -1.26. The van der Waals surface area contributed by atoms with Crippen LogP contribution in [-0.4, -0.2) is 32.0 Å². The first-order valence-corrected chi connectivity index (χ1v) is 8.98. The van der Waals surface area contributed by atoms with E-state index in [2.05, 4.69) is 20.8 Å². The van der Waals surface area contributed by atoms with Gasteiger partial charge in [-0.3, -0.25) is 0 Å². The van der Waals surface area contributed by atoms with Gasteiger partial charge in [-0.25, -0.2) is 0 Å². The molecule has 0 radical (unpaired) electrons. The first-order chi connectivity index (χ1) is 11.5. The van der Waals surface area contributed by atoms with Crippen LogP contribution in [-0.2, 0) is 4.74 Å². The van der Waals surface area contributed by atoms with Gasteiger partial charge < -0.3 is 19.3 Å². The number of hydrogen-bond donors (Lipinski definition) is 1. The highest BCUT2D eigenvalue weighted by molar-refractivity contribution is 5.47. The quantitative estimate of drug-likeness (QED) is 0.810. The van der Waals surface area contributed by atoms with Crippen LogP contribution in [0.25, 0.3) is 0 Å².